The number of halogens is 1. The molecule has 0 aromatic heterocycles. The van der Waals surface area contributed by atoms with Gasteiger partial charge in [-0.3, -0.25) is 4.90 Å². The molecule has 0 bridgehead atoms. The number of carbonyl (C=O) groups excluding carboxylic acids is 2. The minimum Gasteiger partial charge on any atom is -0.449 e. The van der Waals surface area contributed by atoms with Gasteiger partial charge in [-0.15, -0.1) is 0 Å². The van der Waals surface area contributed by atoms with Crippen LogP contribution < -0.4 is 4.90 Å². The first kappa shape index (κ1) is 24.6. The summed E-state index contributed by atoms with van der Waals surface area (Å²) < 4.78 is 12.2. The number of hydrogen-bond donors (Lipinski definition) is 0. The molecule has 2 aromatic rings. The van der Waals surface area contributed by atoms with Gasteiger partial charge < -0.3 is 14.4 Å². The maximum absolute atomic E-state index is 13.0. The van der Waals surface area contributed by atoms with E-state index in [9.17, 15) is 9.59 Å². The van der Waals surface area contributed by atoms with Gasteiger partial charge in [-0.2, -0.15) is 0 Å². The highest BCUT2D eigenvalue weighted by Crippen LogP contribution is 2.40. The highest BCUT2D eigenvalue weighted by atomic mass is 79.9. The van der Waals surface area contributed by atoms with Crippen molar-refractivity contribution in [3.63, 3.8) is 0 Å². The Bertz CT molecular complexity index is 1050. The van der Waals surface area contributed by atoms with Crippen LogP contribution in [0.2, 0.25) is 0 Å². The Morgan fingerprint density at radius 3 is 2.44 bits per heavy atom. The largest absolute Gasteiger partial charge is 0.449 e. The molecule has 2 aliphatic rings. The van der Waals surface area contributed by atoms with Crippen molar-refractivity contribution in [2.45, 2.75) is 58.5 Å². The Balaban J connectivity index is 1.48. The molecule has 0 saturated heterocycles. The zero-order valence-corrected chi connectivity index (χ0v) is 21.8. The van der Waals surface area contributed by atoms with Gasteiger partial charge in [0.2, 0.25) is 0 Å². The van der Waals surface area contributed by atoms with Crippen LogP contribution >= 0.6 is 15.9 Å². The molecule has 6 nitrogen and oxygen atoms in total. The lowest BCUT2D eigenvalue weighted by molar-refractivity contribution is 0.0258. The Morgan fingerprint density at radius 2 is 1.71 bits per heavy atom. The van der Waals surface area contributed by atoms with Crippen LogP contribution in [0.5, 0.6) is 0 Å². The lowest BCUT2D eigenvalue weighted by Crippen LogP contribution is -2.38. The summed E-state index contributed by atoms with van der Waals surface area (Å²) in [5, 5.41) is 0. The van der Waals surface area contributed by atoms with Crippen molar-refractivity contribution >= 4 is 33.8 Å². The van der Waals surface area contributed by atoms with Crippen LogP contribution in [0.15, 0.2) is 40.9 Å². The fraction of sp³-hybridized carbons (Fsp3) is 0.481. The van der Waals surface area contributed by atoms with Gasteiger partial charge in [-0.25, -0.2) is 9.59 Å². The molecular weight excluding hydrogens is 496 g/mol. The van der Waals surface area contributed by atoms with Gasteiger partial charge in [-0.05, 0) is 84.6 Å². The van der Waals surface area contributed by atoms with Crippen LogP contribution in [-0.4, -0.2) is 48.9 Å². The van der Waals surface area contributed by atoms with Gasteiger partial charge in [0.15, 0.2) is 0 Å². The minimum atomic E-state index is -0.517. The molecule has 2 aliphatic heterocycles. The third-order valence-electron chi connectivity index (χ3n) is 6.22. The molecule has 0 aliphatic carbocycles. The lowest BCUT2D eigenvalue weighted by Gasteiger charge is -2.31. The number of rotatable bonds is 3. The van der Waals surface area contributed by atoms with E-state index in [0.29, 0.717) is 39.1 Å². The summed E-state index contributed by atoms with van der Waals surface area (Å²) in [6, 6.07) is 12.3. The number of amides is 2. The average molecular weight is 529 g/mol. The highest BCUT2D eigenvalue weighted by Gasteiger charge is 2.31. The third kappa shape index (κ3) is 5.74. The second-order valence-electron chi connectivity index (χ2n) is 9.91. The second kappa shape index (κ2) is 10.4. The third-order valence-corrected chi connectivity index (χ3v) is 7.08. The van der Waals surface area contributed by atoms with Crippen molar-refractivity contribution < 1.29 is 19.1 Å². The summed E-state index contributed by atoms with van der Waals surface area (Å²) in [6.07, 6.45) is 3.41. The van der Waals surface area contributed by atoms with E-state index >= 15 is 0 Å². The average Bonchev–Trinajstić information content (AvgIpc) is 3.01. The lowest BCUT2D eigenvalue weighted by atomic mass is 9.93. The van der Waals surface area contributed by atoms with Gasteiger partial charge >= 0.3 is 12.2 Å². The van der Waals surface area contributed by atoms with Crippen LogP contribution in [-0.2, 0) is 35.2 Å². The molecule has 4 rings (SSSR count). The van der Waals surface area contributed by atoms with Crippen molar-refractivity contribution in [2.75, 3.05) is 31.1 Å². The van der Waals surface area contributed by atoms with Crippen molar-refractivity contribution in [3.8, 4) is 0 Å². The molecule has 0 atom stereocenters. The molecular formula is C27H33BrN2O4. The molecule has 0 spiro atoms. The second-order valence-corrected chi connectivity index (χ2v) is 10.7. The van der Waals surface area contributed by atoms with Gasteiger partial charge in [0.05, 0.1) is 12.3 Å². The van der Waals surface area contributed by atoms with Gasteiger partial charge in [0.25, 0.3) is 0 Å². The molecule has 2 aromatic carbocycles. The summed E-state index contributed by atoms with van der Waals surface area (Å²) in [5.41, 5.74) is 5.10. The maximum Gasteiger partial charge on any atom is 0.414 e. The van der Waals surface area contributed by atoms with Crippen molar-refractivity contribution in [3.05, 3.63) is 63.1 Å². The van der Waals surface area contributed by atoms with E-state index in [2.05, 4.69) is 22.0 Å². The van der Waals surface area contributed by atoms with Gasteiger partial charge in [-0.1, -0.05) is 36.4 Å². The molecule has 182 valence electrons. The van der Waals surface area contributed by atoms with Crippen LogP contribution in [0.3, 0.4) is 0 Å². The van der Waals surface area contributed by atoms with E-state index in [-0.39, 0.29) is 12.2 Å². The number of benzene rings is 2. The number of ether oxygens (including phenoxy) is 2. The number of nitrogens with zero attached hydrogens (tertiary/aromatic N) is 2. The number of hydrogen-bond acceptors (Lipinski definition) is 4. The van der Waals surface area contributed by atoms with E-state index in [4.69, 9.17) is 9.47 Å². The highest BCUT2D eigenvalue weighted by molar-refractivity contribution is 9.10. The molecule has 0 fully saturated rings. The Hall–Kier alpha value is -2.54. The van der Waals surface area contributed by atoms with Crippen LogP contribution in [0.4, 0.5) is 15.3 Å². The van der Waals surface area contributed by atoms with Crippen molar-refractivity contribution in [1.29, 1.82) is 0 Å². The minimum absolute atomic E-state index is 0.273. The summed E-state index contributed by atoms with van der Waals surface area (Å²) in [4.78, 5) is 29.2. The van der Waals surface area contributed by atoms with Crippen molar-refractivity contribution in [2.24, 2.45) is 0 Å². The fourth-order valence-electron chi connectivity index (χ4n) is 4.59. The Morgan fingerprint density at radius 1 is 0.971 bits per heavy atom. The summed E-state index contributed by atoms with van der Waals surface area (Å²) >= 11 is 3.82. The van der Waals surface area contributed by atoms with E-state index in [1.165, 1.54) is 5.56 Å². The first-order chi connectivity index (χ1) is 16.2. The van der Waals surface area contributed by atoms with Gasteiger partial charge in [0, 0.05) is 30.5 Å². The monoisotopic (exact) mass is 528 g/mol. The SMILES string of the molecule is CC(C)(C)OC(=O)N1CCc2cc3c(c(Br)c2CC1)N(C(=O)OCCc1ccccc1)CCC3. The molecule has 0 N–H and O–H groups in total. The number of carbonyl (C=O) groups is 2. The molecule has 0 unspecified atom stereocenters. The first-order valence-electron chi connectivity index (χ1n) is 12.0. The zero-order valence-electron chi connectivity index (χ0n) is 20.2. The van der Waals surface area contributed by atoms with Crippen LogP contribution in [0.1, 0.15) is 49.4 Å². The zero-order chi connectivity index (χ0) is 24.3. The van der Waals surface area contributed by atoms with E-state index in [1.807, 2.05) is 51.1 Å². The maximum atomic E-state index is 13.0. The Kier molecular flexibility index (Phi) is 7.51. The van der Waals surface area contributed by atoms with Gasteiger partial charge in [0.1, 0.15) is 5.60 Å². The van der Waals surface area contributed by atoms with Crippen LogP contribution in [0, 0.1) is 0 Å². The number of fused-ring (bicyclic) bond motifs is 2. The van der Waals surface area contributed by atoms with E-state index in [0.717, 1.165) is 46.1 Å². The number of aryl methyl sites for hydroxylation is 1. The molecule has 2 heterocycles. The summed E-state index contributed by atoms with van der Waals surface area (Å²) in [5.74, 6) is 0. The standard InChI is InChI=1S/C27H33BrN2O4/c1-27(2,3)34-25(31)29-15-11-20-18-21-10-7-14-30(24(21)23(28)22(20)12-16-29)26(32)33-17-13-19-8-5-4-6-9-19/h4-6,8-9,18H,7,10-17H2,1-3H3. The molecule has 0 saturated carbocycles. The number of anilines is 1. The normalized spacial score (nSPS) is 15.8. The molecule has 34 heavy (non-hydrogen) atoms. The molecule has 7 heteroatoms. The quantitative estimate of drug-likeness (QED) is 0.496. The Labute approximate surface area is 210 Å². The smallest absolute Gasteiger partial charge is 0.414 e. The molecule has 0 radical (unpaired) electrons. The van der Waals surface area contributed by atoms with Crippen molar-refractivity contribution in [1.82, 2.24) is 4.90 Å². The van der Waals surface area contributed by atoms with E-state index in [1.54, 1.807) is 9.80 Å². The first-order valence-corrected chi connectivity index (χ1v) is 12.8. The van der Waals surface area contributed by atoms with Crippen LogP contribution in [0.25, 0.3) is 0 Å². The predicted octanol–water partition coefficient (Wildman–Crippen LogP) is 5.92. The summed E-state index contributed by atoms with van der Waals surface area (Å²) in [6.45, 7) is 7.85. The fourth-order valence-corrected chi connectivity index (χ4v) is 5.51. The topological polar surface area (TPSA) is 59.1 Å². The molecule has 2 amide bonds. The summed E-state index contributed by atoms with van der Waals surface area (Å²) in [7, 11) is 0. The predicted molar refractivity (Wildman–Crippen MR) is 137 cm³/mol. The van der Waals surface area contributed by atoms with E-state index < -0.39 is 5.60 Å².